The third-order valence-corrected chi connectivity index (χ3v) is 7.63. The van der Waals surface area contributed by atoms with E-state index in [0.717, 1.165) is 22.5 Å². The molecule has 1 N–H and O–H groups in total. The molecule has 0 aliphatic rings. The summed E-state index contributed by atoms with van der Waals surface area (Å²) >= 11 is 12.7. The Hall–Kier alpha value is -2.29. The van der Waals surface area contributed by atoms with Gasteiger partial charge in [-0.3, -0.25) is 13.9 Å². The maximum Gasteiger partial charge on any atom is 0.244 e. The molecule has 2 aromatic rings. The van der Waals surface area contributed by atoms with Crippen LogP contribution in [-0.2, 0) is 26.2 Å². The lowest BCUT2D eigenvalue weighted by Gasteiger charge is -2.33. The lowest BCUT2D eigenvalue weighted by atomic mass is 10.1. The Kier molecular flexibility index (Phi) is 10.4. The first kappa shape index (κ1) is 28.9. The lowest BCUT2D eigenvalue weighted by molar-refractivity contribution is -0.140. The zero-order valence-electron chi connectivity index (χ0n) is 20.7. The number of carbonyl (C=O) groups is 2. The highest BCUT2D eigenvalue weighted by atomic mass is 35.5. The summed E-state index contributed by atoms with van der Waals surface area (Å²) in [4.78, 5) is 28.2. The van der Waals surface area contributed by atoms with Crippen LogP contribution in [0.4, 0.5) is 5.69 Å². The first-order valence-corrected chi connectivity index (χ1v) is 14.1. The Morgan fingerprint density at radius 2 is 1.57 bits per heavy atom. The van der Waals surface area contributed by atoms with E-state index in [-0.39, 0.29) is 18.5 Å². The molecule has 2 atom stereocenters. The van der Waals surface area contributed by atoms with Gasteiger partial charge in [0.05, 0.1) is 11.9 Å². The standard InChI is InChI=1S/C25H33Cl2N3O4S/c1-6-18(4)28-25(32)23(7-2)29(15-20-21(26)9-8-10-22(20)27)24(31)16-30(35(5,33)34)19-13-11-17(3)12-14-19/h8-14,18,23H,6-7,15-16H2,1-5H3,(H,28,32)/t18-,23+/m1/s1. The molecule has 2 rings (SSSR count). The minimum Gasteiger partial charge on any atom is -0.352 e. The molecule has 2 aromatic carbocycles. The van der Waals surface area contributed by atoms with E-state index in [1.165, 1.54) is 4.90 Å². The number of nitrogens with one attached hydrogen (secondary N) is 1. The van der Waals surface area contributed by atoms with Crippen molar-refractivity contribution in [3.63, 3.8) is 0 Å². The maximum absolute atomic E-state index is 13.7. The van der Waals surface area contributed by atoms with E-state index in [1.807, 2.05) is 20.8 Å². The van der Waals surface area contributed by atoms with Gasteiger partial charge in [-0.2, -0.15) is 0 Å². The molecule has 2 amide bonds. The second kappa shape index (κ2) is 12.6. The molecule has 0 heterocycles. The van der Waals surface area contributed by atoms with Gasteiger partial charge in [-0.05, 0) is 51.0 Å². The van der Waals surface area contributed by atoms with Crippen molar-refractivity contribution in [2.24, 2.45) is 0 Å². The summed E-state index contributed by atoms with van der Waals surface area (Å²) in [5, 5.41) is 3.63. The quantitative estimate of drug-likeness (QED) is 0.443. The third-order valence-electron chi connectivity index (χ3n) is 5.78. The van der Waals surface area contributed by atoms with Gasteiger partial charge in [-0.1, -0.05) is 60.8 Å². The molecule has 0 aliphatic carbocycles. The molecule has 0 fully saturated rings. The zero-order valence-corrected chi connectivity index (χ0v) is 23.0. The van der Waals surface area contributed by atoms with Gasteiger partial charge in [0.15, 0.2) is 0 Å². The van der Waals surface area contributed by atoms with E-state index in [1.54, 1.807) is 49.4 Å². The van der Waals surface area contributed by atoms with E-state index in [2.05, 4.69) is 5.32 Å². The first-order chi connectivity index (χ1) is 16.4. The molecule has 0 aliphatic heterocycles. The van der Waals surface area contributed by atoms with Crippen LogP contribution in [0.25, 0.3) is 0 Å². The van der Waals surface area contributed by atoms with Crippen LogP contribution < -0.4 is 9.62 Å². The van der Waals surface area contributed by atoms with Crippen molar-refractivity contribution in [2.75, 3.05) is 17.1 Å². The van der Waals surface area contributed by atoms with Crippen molar-refractivity contribution in [1.82, 2.24) is 10.2 Å². The van der Waals surface area contributed by atoms with E-state index in [0.29, 0.717) is 27.7 Å². The van der Waals surface area contributed by atoms with Gasteiger partial charge in [0.25, 0.3) is 0 Å². The summed E-state index contributed by atoms with van der Waals surface area (Å²) in [5.41, 5.74) is 1.80. The number of amides is 2. The molecule has 0 saturated carbocycles. The van der Waals surface area contributed by atoms with Crippen LogP contribution in [0.2, 0.25) is 10.0 Å². The topological polar surface area (TPSA) is 86.8 Å². The average Bonchev–Trinajstić information content (AvgIpc) is 2.78. The number of hydrogen-bond donors (Lipinski definition) is 1. The highest BCUT2D eigenvalue weighted by Crippen LogP contribution is 2.27. The van der Waals surface area contributed by atoms with Crippen molar-refractivity contribution in [3.8, 4) is 0 Å². The highest BCUT2D eigenvalue weighted by Gasteiger charge is 2.32. The van der Waals surface area contributed by atoms with E-state index in [9.17, 15) is 18.0 Å². The van der Waals surface area contributed by atoms with Gasteiger partial charge in [-0.15, -0.1) is 0 Å². The molecule has 10 heteroatoms. The number of benzene rings is 2. The molecular weight excluding hydrogens is 509 g/mol. The van der Waals surface area contributed by atoms with Gasteiger partial charge in [-0.25, -0.2) is 8.42 Å². The Labute approximate surface area is 218 Å². The summed E-state index contributed by atoms with van der Waals surface area (Å²) < 4.78 is 26.3. The summed E-state index contributed by atoms with van der Waals surface area (Å²) in [7, 11) is -3.79. The number of sulfonamides is 1. The number of aryl methyl sites for hydroxylation is 1. The van der Waals surface area contributed by atoms with Crippen LogP contribution in [0.5, 0.6) is 0 Å². The summed E-state index contributed by atoms with van der Waals surface area (Å²) in [6.45, 7) is 6.99. The van der Waals surface area contributed by atoms with E-state index in [4.69, 9.17) is 23.2 Å². The van der Waals surface area contributed by atoms with Gasteiger partial charge in [0, 0.05) is 28.2 Å². The molecule has 0 saturated heterocycles. The minimum atomic E-state index is -3.79. The fourth-order valence-electron chi connectivity index (χ4n) is 3.54. The predicted octanol–water partition coefficient (Wildman–Crippen LogP) is 4.79. The fourth-order valence-corrected chi connectivity index (χ4v) is 4.91. The number of carbonyl (C=O) groups excluding carboxylic acids is 2. The number of halogens is 2. The number of rotatable bonds is 11. The number of hydrogen-bond acceptors (Lipinski definition) is 4. The van der Waals surface area contributed by atoms with Crippen molar-refractivity contribution in [2.45, 2.75) is 59.2 Å². The number of anilines is 1. The fraction of sp³-hybridized carbons (Fsp3) is 0.440. The average molecular weight is 543 g/mol. The van der Waals surface area contributed by atoms with Gasteiger partial charge in [0.1, 0.15) is 12.6 Å². The lowest BCUT2D eigenvalue weighted by Crippen LogP contribution is -2.53. The normalized spacial score (nSPS) is 13.1. The largest absolute Gasteiger partial charge is 0.352 e. The van der Waals surface area contributed by atoms with Gasteiger partial charge < -0.3 is 10.2 Å². The van der Waals surface area contributed by atoms with Crippen LogP contribution in [0.1, 0.15) is 44.7 Å². The Balaban J connectivity index is 2.49. The molecule has 0 unspecified atom stereocenters. The maximum atomic E-state index is 13.7. The second-order valence-electron chi connectivity index (χ2n) is 8.57. The molecule has 7 nitrogen and oxygen atoms in total. The summed E-state index contributed by atoms with van der Waals surface area (Å²) in [6, 6.07) is 10.9. The van der Waals surface area contributed by atoms with Gasteiger partial charge >= 0.3 is 0 Å². The van der Waals surface area contributed by atoms with Crippen LogP contribution in [0.15, 0.2) is 42.5 Å². The predicted molar refractivity (Wildman–Crippen MR) is 142 cm³/mol. The van der Waals surface area contributed by atoms with E-state index >= 15 is 0 Å². The number of nitrogens with zero attached hydrogens (tertiary/aromatic N) is 2. The van der Waals surface area contributed by atoms with Crippen molar-refractivity contribution in [1.29, 1.82) is 0 Å². The summed E-state index contributed by atoms with van der Waals surface area (Å²) in [6.07, 6.45) is 2.09. The highest BCUT2D eigenvalue weighted by molar-refractivity contribution is 7.92. The van der Waals surface area contributed by atoms with Crippen molar-refractivity contribution >= 4 is 50.7 Å². The molecule has 192 valence electrons. The molecule has 0 bridgehead atoms. The second-order valence-corrected chi connectivity index (χ2v) is 11.3. The summed E-state index contributed by atoms with van der Waals surface area (Å²) in [5.74, 6) is -0.863. The smallest absolute Gasteiger partial charge is 0.244 e. The Morgan fingerprint density at radius 3 is 2.06 bits per heavy atom. The Bertz CT molecular complexity index is 1120. The minimum absolute atomic E-state index is 0.0464. The third kappa shape index (κ3) is 7.85. The molecule has 0 aromatic heterocycles. The first-order valence-electron chi connectivity index (χ1n) is 11.5. The van der Waals surface area contributed by atoms with Crippen molar-refractivity contribution < 1.29 is 18.0 Å². The van der Waals surface area contributed by atoms with Crippen LogP contribution in [0, 0.1) is 6.92 Å². The monoisotopic (exact) mass is 541 g/mol. The van der Waals surface area contributed by atoms with Crippen molar-refractivity contribution in [3.05, 3.63) is 63.6 Å². The van der Waals surface area contributed by atoms with E-state index < -0.39 is 28.5 Å². The zero-order chi connectivity index (χ0) is 26.3. The SMILES string of the molecule is CC[C@@H](C)NC(=O)[C@H](CC)N(Cc1c(Cl)cccc1Cl)C(=O)CN(c1ccc(C)cc1)S(C)(=O)=O. The Morgan fingerprint density at radius 1 is 1.00 bits per heavy atom. The molecule has 0 radical (unpaired) electrons. The van der Waals surface area contributed by atoms with Crippen LogP contribution in [0.3, 0.4) is 0 Å². The molecule has 0 spiro atoms. The van der Waals surface area contributed by atoms with Gasteiger partial charge in [0.2, 0.25) is 21.8 Å². The van der Waals surface area contributed by atoms with Crippen LogP contribution in [-0.4, -0.2) is 50.0 Å². The van der Waals surface area contributed by atoms with Crippen LogP contribution >= 0.6 is 23.2 Å². The molecular formula is C25H33Cl2N3O4S. The molecule has 35 heavy (non-hydrogen) atoms.